The van der Waals surface area contributed by atoms with Gasteiger partial charge in [-0.15, -0.1) is 0 Å². The number of benzene rings is 1. The molecule has 0 unspecified atom stereocenters. The predicted molar refractivity (Wildman–Crippen MR) is 87.6 cm³/mol. The van der Waals surface area contributed by atoms with Gasteiger partial charge >= 0.3 is 6.03 Å². The van der Waals surface area contributed by atoms with Crippen LogP contribution in [0.2, 0.25) is 0 Å². The van der Waals surface area contributed by atoms with Crippen LogP contribution in [0.25, 0.3) is 0 Å². The highest BCUT2D eigenvalue weighted by Crippen LogP contribution is 2.17. The Morgan fingerprint density at radius 2 is 1.83 bits per heavy atom. The van der Waals surface area contributed by atoms with Crippen molar-refractivity contribution in [1.82, 2.24) is 10.6 Å². The van der Waals surface area contributed by atoms with Gasteiger partial charge in [0, 0.05) is 30.8 Å². The highest BCUT2D eigenvalue weighted by Gasteiger charge is 2.15. The molecule has 0 atom stereocenters. The van der Waals surface area contributed by atoms with Crippen molar-refractivity contribution in [3.05, 3.63) is 29.8 Å². The molecular weight excluding hydrogens is 316 g/mol. The summed E-state index contributed by atoms with van der Waals surface area (Å²) in [5.74, 6) is -2.27. The van der Waals surface area contributed by atoms with Crippen molar-refractivity contribution in [3.8, 4) is 0 Å². The summed E-state index contributed by atoms with van der Waals surface area (Å²) in [4.78, 5) is 23.4. The molecule has 1 aromatic rings. The van der Waals surface area contributed by atoms with E-state index in [-0.39, 0.29) is 30.1 Å². The fraction of sp³-hybridized carbons (Fsp3) is 0.529. The number of hydrogen-bond donors (Lipinski definition) is 3. The van der Waals surface area contributed by atoms with Gasteiger partial charge in [0.25, 0.3) is 0 Å². The molecule has 0 radical (unpaired) electrons. The lowest BCUT2D eigenvalue weighted by Gasteiger charge is -2.22. The summed E-state index contributed by atoms with van der Waals surface area (Å²) in [6, 6.07) is 3.23. The number of nitrogens with one attached hydrogen (secondary N) is 3. The van der Waals surface area contributed by atoms with Crippen LogP contribution in [0.15, 0.2) is 18.2 Å². The first kappa shape index (κ1) is 18.2. The van der Waals surface area contributed by atoms with Crippen molar-refractivity contribution in [2.45, 2.75) is 51.0 Å². The Kier molecular flexibility index (Phi) is 6.96. The lowest BCUT2D eigenvalue weighted by atomic mass is 9.96. The molecule has 7 heteroatoms. The molecule has 5 nitrogen and oxygen atoms in total. The van der Waals surface area contributed by atoms with Crippen LogP contribution in [-0.4, -0.2) is 24.5 Å². The van der Waals surface area contributed by atoms with Gasteiger partial charge in [-0.05, 0) is 31.4 Å². The van der Waals surface area contributed by atoms with E-state index in [4.69, 9.17) is 0 Å². The van der Waals surface area contributed by atoms with Crippen molar-refractivity contribution < 1.29 is 18.4 Å². The van der Waals surface area contributed by atoms with E-state index in [1.807, 2.05) is 0 Å². The Balaban J connectivity index is 1.60. The fourth-order valence-corrected chi connectivity index (χ4v) is 2.73. The minimum Gasteiger partial charge on any atom is -0.338 e. The normalized spacial score (nSPS) is 14.9. The van der Waals surface area contributed by atoms with E-state index in [2.05, 4.69) is 16.0 Å². The summed E-state index contributed by atoms with van der Waals surface area (Å²) < 4.78 is 25.8. The fourth-order valence-electron chi connectivity index (χ4n) is 2.73. The Labute approximate surface area is 140 Å². The second-order valence-electron chi connectivity index (χ2n) is 6.02. The third-order valence-corrected chi connectivity index (χ3v) is 4.01. The zero-order valence-electron chi connectivity index (χ0n) is 13.5. The molecule has 1 aliphatic carbocycles. The maximum Gasteiger partial charge on any atom is 0.315 e. The minimum atomic E-state index is -1.01. The maximum atomic E-state index is 13.0. The predicted octanol–water partition coefficient (Wildman–Crippen LogP) is 3.32. The average Bonchev–Trinajstić information content (AvgIpc) is 2.56. The zero-order valence-corrected chi connectivity index (χ0v) is 13.5. The molecule has 0 saturated heterocycles. The Hall–Kier alpha value is -2.18. The standard InChI is InChI=1S/C17H23F2N3O2/c18-14-9-8-13(11-15(14)19)21-16(23)7-4-10-20-17(24)22-12-5-2-1-3-6-12/h8-9,11-12H,1-7,10H2,(H,21,23)(H2,20,22,24). The molecule has 132 valence electrons. The van der Waals surface area contributed by atoms with E-state index in [0.717, 1.165) is 37.8 Å². The largest absolute Gasteiger partial charge is 0.338 e. The molecule has 1 aliphatic rings. The quantitative estimate of drug-likeness (QED) is 0.696. The van der Waals surface area contributed by atoms with Gasteiger partial charge < -0.3 is 16.0 Å². The van der Waals surface area contributed by atoms with E-state index in [0.29, 0.717) is 13.0 Å². The topological polar surface area (TPSA) is 70.2 Å². The summed E-state index contributed by atoms with van der Waals surface area (Å²) >= 11 is 0. The number of rotatable bonds is 6. The van der Waals surface area contributed by atoms with Gasteiger partial charge in [0.2, 0.25) is 5.91 Å². The molecule has 3 N–H and O–H groups in total. The summed E-state index contributed by atoms with van der Waals surface area (Å²) in [5, 5.41) is 8.15. The molecule has 0 heterocycles. The molecule has 1 saturated carbocycles. The van der Waals surface area contributed by atoms with Crippen molar-refractivity contribution in [3.63, 3.8) is 0 Å². The summed E-state index contributed by atoms with van der Waals surface area (Å²) in [7, 11) is 0. The van der Waals surface area contributed by atoms with E-state index in [9.17, 15) is 18.4 Å². The highest BCUT2D eigenvalue weighted by atomic mass is 19.2. The number of hydrogen-bond acceptors (Lipinski definition) is 2. The van der Waals surface area contributed by atoms with Gasteiger partial charge in [-0.2, -0.15) is 0 Å². The molecule has 1 fully saturated rings. The number of halogens is 2. The molecule has 0 aliphatic heterocycles. The SMILES string of the molecule is O=C(CCCNC(=O)NC1CCCCC1)Nc1ccc(F)c(F)c1. The van der Waals surface area contributed by atoms with E-state index < -0.39 is 11.6 Å². The third-order valence-electron chi connectivity index (χ3n) is 4.01. The average molecular weight is 339 g/mol. The first-order valence-electron chi connectivity index (χ1n) is 8.34. The Bertz CT molecular complexity index is 575. The number of carbonyl (C=O) groups is 2. The molecule has 2 rings (SSSR count). The first-order valence-corrected chi connectivity index (χ1v) is 8.34. The van der Waals surface area contributed by atoms with Crippen LogP contribution in [0.5, 0.6) is 0 Å². The van der Waals surface area contributed by atoms with Crippen molar-refractivity contribution in [2.24, 2.45) is 0 Å². The lowest BCUT2D eigenvalue weighted by Crippen LogP contribution is -2.43. The molecule has 24 heavy (non-hydrogen) atoms. The number of anilines is 1. The summed E-state index contributed by atoms with van der Waals surface area (Å²) in [6.45, 7) is 0.379. The number of amides is 3. The van der Waals surface area contributed by atoms with Crippen LogP contribution < -0.4 is 16.0 Å². The van der Waals surface area contributed by atoms with Crippen LogP contribution in [0.4, 0.5) is 19.3 Å². The zero-order chi connectivity index (χ0) is 17.4. The van der Waals surface area contributed by atoms with E-state index >= 15 is 0 Å². The van der Waals surface area contributed by atoms with Crippen molar-refractivity contribution >= 4 is 17.6 Å². The lowest BCUT2D eigenvalue weighted by molar-refractivity contribution is -0.116. The molecule has 0 spiro atoms. The molecular formula is C17H23F2N3O2. The summed E-state index contributed by atoms with van der Waals surface area (Å²) in [5.41, 5.74) is 0.210. The molecule has 1 aromatic carbocycles. The van der Waals surface area contributed by atoms with Gasteiger partial charge in [0.1, 0.15) is 0 Å². The van der Waals surface area contributed by atoms with E-state index in [1.54, 1.807) is 0 Å². The van der Waals surface area contributed by atoms with Crippen LogP contribution in [0.1, 0.15) is 44.9 Å². The molecule has 3 amide bonds. The second kappa shape index (κ2) is 9.20. The van der Waals surface area contributed by atoms with Crippen molar-refractivity contribution in [2.75, 3.05) is 11.9 Å². The number of urea groups is 1. The van der Waals surface area contributed by atoms with Gasteiger partial charge in [0.15, 0.2) is 11.6 Å². The monoisotopic (exact) mass is 339 g/mol. The van der Waals surface area contributed by atoms with Crippen LogP contribution in [0.3, 0.4) is 0 Å². The van der Waals surface area contributed by atoms with Gasteiger partial charge in [-0.3, -0.25) is 4.79 Å². The van der Waals surface area contributed by atoms with Gasteiger partial charge in [-0.25, -0.2) is 13.6 Å². The van der Waals surface area contributed by atoms with Crippen LogP contribution in [0, 0.1) is 11.6 Å². The highest BCUT2D eigenvalue weighted by molar-refractivity contribution is 5.90. The number of carbonyl (C=O) groups excluding carboxylic acids is 2. The maximum absolute atomic E-state index is 13.0. The minimum absolute atomic E-state index is 0.183. The second-order valence-corrected chi connectivity index (χ2v) is 6.02. The Morgan fingerprint density at radius 1 is 1.08 bits per heavy atom. The first-order chi connectivity index (χ1) is 11.5. The molecule has 0 bridgehead atoms. The van der Waals surface area contributed by atoms with Gasteiger partial charge in [0.05, 0.1) is 0 Å². The van der Waals surface area contributed by atoms with Crippen LogP contribution >= 0.6 is 0 Å². The van der Waals surface area contributed by atoms with Crippen molar-refractivity contribution in [1.29, 1.82) is 0 Å². The molecule has 0 aromatic heterocycles. The Morgan fingerprint density at radius 3 is 2.54 bits per heavy atom. The smallest absolute Gasteiger partial charge is 0.315 e. The van der Waals surface area contributed by atoms with E-state index in [1.165, 1.54) is 12.5 Å². The van der Waals surface area contributed by atoms with Crippen LogP contribution in [-0.2, 0) is 4.79 Å². The van der Waals surface area contributed by atoms with Gasteiger partial charge in [-0.1, -0.05) is 19.3 Å². The third kappa shape index (κ3) is 6.14. The summed E-state index contributed by atoms with van der Waals surface area (Å²) in [6.07, 6.45) is 6.21.